The van der Waals surface area contributed by atoms with Crippen LogP contribution < -0.4 is 0 Å². The lowest BCUT2D eigenvalue weighted by Crippen LogP contribution is -2.17. The number of hydrogen-bond acceptors (Lipinski definition) is 1. The van der Waals surface area contributed by atoms with Crippen molar-refractivity contribution in [3.8, 4) is 0 Å². The number of hydrogen-bond donors (Lipinski definition) is 0. The molecule has 1 rings (SSSR count). The summed E-state index contributed by atoms with van der Waals surface area (Å²) in [5, 5.41) is 0. The van der Waals surface area contributed by atoms with Gasteiger partial charge < -0.3 is 0 Å². The average molecular weight is 297 g/mol. The second-order valence-corrected chi connectivity index (χ2v) is 5.85. The molecule has 94 valence electrons. The van der Waals surface area contributed by atoms with Crippen molar-refractivity contribution >= 4 is 21.7 Å². The fraction of sp³-hybridized carbons (Fsp3) is 0.533. The van der Waals surface area contributed by atoms with E-state index >= 15 is 0 Å². The highest BCUT2D eigenvalue weighted by atomic mass is 79.9. The van der Waals surface area contributed by atoms with Crippen LogP contribution in [-0.4, -0.2) is 10.6 Å². The molecule has 17 heavy (non-hydrogen) atoms. The molecule has 0 heterocycles. The summed E-state index contributed by atoms with van der Waals surface area (Å²) >= 11 is 3.51. The van der Waals surface area contributed by atoms with Gasteiger partial charge in [0.1, 0.15) is 5.78 Å². The van der Waals surface area contributed by atoms with Crippen molar-refractivity contribution in [3.63, 3.8) is 0 Å². The van der Waals surface area contributed by atoms with Crippen LogP contribution in [0.4, 0.5) is 0 Å². The Morgan fingerprint density at radius 2 is 1.94 bits per heavy atom. The molecule has 0 amide bonds. The van der Waals surface area contributed by atoms with Crippen molar-refractivity contribution in [1.29, 1.82) is 0 Å². The van der Waals surface area contributed by atoms with Gasteiger partial charge in [-0.05, 0) is 29.9 Å². The highest BCUT2D eigenvalue weighted by Gasteiger charge is 2.16. The average Bonchev–Trinajstić information content (AvgIpc) is 2.29. The smallest absolute Gasteiger partial charge is 0.146 e. The van der Waals surface area contributed by atoms with Crippen LogP contribution in [0.25, 0.3) is 0 Å². The minimum Gasteiger partial charge on any atom is -0.298 e. The summed E-state index contributed by atoms with van der Waals surface area (Å²) in [5.74, 6) is 0.818. The Balaban J connectivity index is 2.77. The topological polar surface area (TPSA) is 17.1 Å². The van der Waals surface area contributed by atoms with Crippen molar-refractivity contribution in [2.24, 2.45) is 0 Å². The lowest BCUT2D eigenvalue weighted by molar-refractivity contribution is -0.118. The van der Waals surface area contributed by atoms with Gasteiger partial charge in [0, 0.05) is 6.42 Å². The van der Waals surface area contributed by atoms with E-state index in [9.17, 15) is 4.79 Å². The Kier molecular flexibility index (Phi) is 5.90. The third-order valence-corrected chi connectivity index (χ3v) is 3.76. The van der Waals surface area contributed by atoms with Gasteiger partial charge in [-0.2, -0.15) is 0 Å². The number of carbonyl (C=O) groups is 1. The first-order chi connectivity index (χ1) is 8.06. The lowest BCUT2D eigenvalue weighted by atomic mass is 9.93. The van der Waals surface area contributed by atoms with E-state index in [0.717, 1.165) is 12.8 Å². The maximum Gasteiger partial charge on any atom is 0.146 e. The maximum atomic E-state index is 11.8. The highest BCUT2D eigenvalue weighted by molar-refractivity contribution is 9.10. The predicted octanol–water partition coefficient (Wildman–Crippen LogP) is 4.49. The number of benzene rings is 1. The summed E-state index contributed by atoms with van der Waals surface area (Å²) < 4.78 is 0. The zero-order valence-electron chi connectivity index (χ0n) is 10.9. The molecule has 1 aromatic carbocycles. The maximum absolute atomic E-state index is 11.8. The molecule has 0 bridgehead atoms. The van der Waals surface area contributed by atoms with Crippen LogP contribution in [0.2, 0.25) is 0 Å². The Morgan fingerprint density at radius 1 is 1.29 bits per heavy atom. The number of ketones is 1. The normalized spacial score (nSPS) is 12.8. The van der Waals surface area contributed by atoms with Crippen molar-refractivity contribution in [1.82, 2.24) is 0 Å². The summed E-state index contributed by atoms with van der Waals surface area (Å²) in [4.78, 5) is 11.7. The third kappa shape index (κ3) is 4.27. The Labute approximate surface area is 113 Å². The molecule has 1 aromatic rings. The molecule has 0 spiro atoms. The van der Waals surface area contributed by atoms with E-state index in [1.54, 1.807) is 0 Å². The number of alkyl halides is 1. The van der Waals surface area contributed by atoms with Crippen molar-refractivity contribution < 1.29 is 4.79 Å². The number of Topliss-reactive ketones (excluding diaryl/α,β-unsaturated/α-hetero) is 1. The van der Waals surface area contributed by atoms with E-state index in [1.807, 2.05) is 13.0 Å². The summed E-state index contributed by atoms with van der Waals surface area (Å²) in [5.41, 5.74) is 2.63. The van der Waals surface area contributed by atoms with Gasteiger partial charge in [0.05, 0.1) is 4.83 Å². The first kappa shape index (κ1) is 14.4. The molecule has 0 aliphatic carbocycles. The monoisotopic (exact) mass is 296 g/mol. The number of halogens is 1. The van der Waals surface area contributed by atoms with Gasteiger partial charge in [-0.15, -0.1) is 0 Å². The molecule has 2 heteroatoms. The van der Waals surface area contributed by atoms with Crippen LogP contribution in [0.3, 0.4) is 0 Å². The third-order valence-electron chi connectivity index (χ3n) is 2.92. The Morgan fingerprint density at radius 3 is 2.53 bits per heavy atom. The summed E-state index contributed by atoms with van der Waals surface area (Å²) in [7, 11) is 0. The van der Waals surface area contributed by atoms with E-state index in [2.05, 4.69) is 48.0 Å². The predicted molar refractivity (Wildman–Crippen MR) is 76.9 cm³/mol. The molecule has 0 N–H and O–H groups in total. The molecular weight excluding hydrogens is 276 g/mol. The van der Waals surface area contributed by atoms with Crippen LogP contribution >= 0.6 is 15.9 Å². The zero-order chi connectivity index (χ0) is 12.8. The van der Waals surface area contributed by atoms with Crippen LogP contribution in [0.5, 0.6) is 0 Å². The first-order valence-corrected chi connectivity index (χ1v) is 7.22. The van der Waals surface area contributed by atoms with Crippen molar-refractivity contribution in [3.05, 3.63) is 35.4 Å². The van der Waals surface area contributed by atoms with Crippen LogP contribution in [0, 0.1) is 0 Å². The summed E-state index contributed by atoms with van der Waals surface area (Å²) in [6, 6.07) is 8.40. The van der Waals surface area contributed by atoms with Gasteiger partial charge in [0.15, 0.2) is 0 Å². The zero-order valence-corrected chi connectivity index (χ0v) is 12.5. The molecule has 0 aromatic heterocycles. The quantitative estimate of drug-likeness (QED) is 0.707. The van der Waals surface area contributed by atoms with Gasteiger partial charge in [0.25, 0.3) is 0 Å². The van der Waals surface area contributed by atoms with Gasteiger partial charge in [-0.3, -0.25) is 4.79 Å². The number of carbonyl (C=O) groups excluding carboxylic acids is 1. The molecule has 0 fully saturated rings. The minimum atomic E-state index is -0.0395. The fourth-order valence-corrected chi connectivity index (χ4v) is 2.57. The molecule has 0 radical (unpaired) electrons. The molecule has 1 unspecified atom stereocenters. The fourth-order valence-electron chi connectivity index (χ4n) is 1.99. The van der Waals surface area contributed by atoms with E-state index in [-0.39, 0.29) is 4.83 Å². The van der Waals surface area contributed by atoms with E-state index < -0.39 is 0 Å². The molecule has 1 atom stereocenters. The van der Waals surface area contributed by atoms with Gasteiger partial charge in [-0.25, -0.2) is 0 Å². The minimum absolute atomic E-state index is 0.0395. The Bertz CT molecular complexity index is 371. The van der Waals surface area contributed by atoms with Gasteiger partial charge >= 0.3 is 0 Å². The van der Waals surface area contributed by atoms with Gasteiger partial charge in [0.2, 0.25) is 0 Å². The lowest BCUT2D eigenvalue weighted by Gasteiger charge is -2.15. The van der Waals surface area contributed by atoms with Crippen LogP contribution in [0.15, 0.2) is 24.3 Å². The largest absolute Gasteiger partial charge is 0.298 e. The highest BCUT2D eigenvalue weighted by Crippen LogP contribution is 2.22. The standard InChI is InChI=1S/C15H21BrO/c1-4-7-15(17)14(16)10-12-8-5-6-9-13(12)11(2)3/h5-6,8-9,11,14H,4,7,10H2,1-3H3. The molecule has 0 saturated heterocycles. The van der Waals surface area contributed by atoms with Crippen LogP contribution in [-0.2, 0) is 11.2 Å². The van der Waals surface area contributed by atoms with Crippen molar-refractivity contribution in [2.75, 3.05) is 0 Å². The number of rotatable bonds is 6. The SMILES string of the molecule is CCCC(=O)C(Br)Cc1ccccc1C(C)C. The Hall–Kier alpha value is -0.630. The molecule has 0 aliphatic rings. The van der Waals surface area contributed by atoms with Crippen LogP contribution in [0.1, 0.15) is 50.7 Å². The molecule has 1 nitrogen and oxygen atoms in total. The molecule has 0 aliphatic heterocycles. The summed E-state index contributed by atoms with van der Waals surface area (Å²) in [6.07, 6.45) is 2.39. The first-order valence-electron chi connectivity index (χ1n) is 6.30. The van der Waals surface area contributed by atoms with Crippen molar-refractivity contribution in [2.45, 2.75) is 50.8 Å². The summed E-state index contributed by atoms with van der Waals surface area (Å²) in [6.45, 7) is 6.42. The van der Waals surface area contributed by atoms with E-state index in [0.29, 0.717) is 18.1 Å². The second-order valence-electron chi connectivity index (χ2n) is 4.74. The molecular formula is C15H21BrO. The van der Waals surface area contributed by atoms with E-state index in [1.165, 1.54) is 11.1 Å². The second kappa shape index (κ2) is 6.95. The molecule has 0 saturated carbocycles. The van der Waals surface area contributed by atoms with E-state index in [4.69, 9.17) is 0 Å². The van der Waals surface area contributed by atoms with Gasteiger partial charge in [-0.1, -0.05) is 61.0 Å².